The van der Waals surface area contributed by atoms with Gasteiger partial charge in [0.1, 0.15) is 0 Å². The fourth-order valence-corrected chi connectivity index (χ4v) is 2.78. The molecule has 1 heterocycles. The monoisotopic (exact) mass is 345 g/mol. The fraction of sp³-hybridized carbons (Fsp3) is 0.200. The molecule has 0 saturated heterocycles. The second-order valence-corrected chi connectivity index (χ2v) is 4.77. The van der Waals surface area contributed by atoms with Crippen LogP contribution >= 0.6 is 31.9 Å². The largest absolute Gasteiger partial charge is 0.343 e. The van der Waals surface area contributed by atoms with Gasteiger partial charge in [-0.3, -0.25) is 4.57 Å². The molecule has 0 radical (unpaired) electrons. The van der Waals surface area contributed by atoms with Crippen molar-refractivity contribution in [2.24, 2.45) is 7.05 Å². The Kier molecular flexibility index (Phi) is 3.30. The van der Waals surface area contributed by atoms with E-state index in [9.17, 15) is 4.79 Å². The fourth-order valence-electron chi connectivity index (χ4n) is 1.40. The molecule has 0 amide bonds. The normalized spacial score (nSPS) is 10.7. The number of halogens is 2. The van der Waals surface area contributed by atoms with Gasteiger partial charge in [0.2, 0.25) is 0 Å². The summed E-state index contributed by atoms with van der Waals surface area (Å²) in [6.07, 6.45) is 0. The van der Waals surface area contributed by atoms with Crippen LogP contribution in [0, 0.1) is 0 Å². The summed E-state index contributed by atoms with van der Waals surface area (Å²) < 4.78 is 2.48. The maximum Gasteiger partial charge on any atom is 0.343 e. The number of hydrogen-bond acceptors (Lipinski definition) is 2. The number of nitrogens with one attached hydrogen (secondary N) is 1. The molecular formula is C10H9Br2N3O. The van der Waals surface area contributed by atoms with Gasteiger partial charge in [-0.1, -0.05) is 44.0 Å². The van der Waals surface area contributed by atoms with Crippen LogP contribution in [0.25, 0.3) is 11.4 Å². The second-order valence-electron chi connectivity index (χ2n) is 3.35. The first-order valence-electron chi connectivity index (χ1n) is 4.59. The average Bonchev–Trinajstić information content (AvgIpc) is 2.60. The number of hydrogen-bond donors (Lipinski definition) is 1. The molecule has 0 spiro atoms. The van der Waals surface area contributed by atoms with Crippen molar-refractivity contribution in [3.8, 4) is 11.4 Å². The van der Waals surface area contributed by atoms with E-state index in [1.54, 1.807) is 7.05 Å². The summed E-state index contributed by atoms with van der Waals surface area (Å²) in [5.74, 6) is 0.631. The minimum absolute atomic E-state index is 0.212. The van der Waals surface area contributed by atoms with Gasteiger partial charge in [-0.05, 0) is 11.6 Å². The van der Waals surface area contributed by atoms with E-state index in [4.69, 9.17) is 0 Å². The number of rotatable bonds is 2. The first-order chi connectivity index (χ1) is 7.63. The van der Waals surface area contributed by atoms with Crippen LogP contribution < -0.4 is 5.69 Å². The molecule has 2 aromatic rings. The quantitative estimate of drug-likeness (QED) is 0.849. The lowest BCUT2D eigenvalue weighted by Gasteiger charge is -2.04. The van der Waals surface area contributed by atoms with Crippen LogP contribution in [0.2, 0.25) is 0 Å². The molecule has 0 saturated carbocycles. The van der Waals surface area contributed by atoms with E-state index in [1.165, 1.54) is 4.57 Å². The van der Waals surface area contributed by atoms with Gasteiger partial charge in [0.25, 0.3) is 0 Å². The van der Waals surface area contributed by atoms with E-state index in [0.717, 1.165) is 20.9 Å². The Labute approximate surface area is 109 Å². The Morgan fingerprint density at radius 3 is 2.75 bits per heavy atom. The summed E-state index contributed by atoms with van der Waals surface area (Å²) in [6, 6.07) is 5.89. The summed E-state index contributed by atoms with van der Waals surface area (Å²) in [4.78, 5) is 11.2. The van der Waals surface area contributed by atoms with Crippen LogP contribution in [0.3, 0.4) is 0 Å². The standard InChI is InChI=1S/C10H9Br2N3O/c1-15-9(13-14-10(15)16)6-2-3-7(5-11)8(12)4-6/h2-4H,5H2,1H3,(H,14,16). The molecule has 4 nitrogen and oxygen atoms in total. The summed E-state index contributed by atoms with van der Waals surface area (Å²) >= 11 is 6.88. The number of benzene rings is 1. The lowest BCUT2D eigenvalue weighted by atomic mass is 10.1. The molecule has 0 aliphatic rings. The van der Waals surface area contributed by atoms with Crippen molar-refractivity contribution >= 4 is 31.9 Å². The lowest BCUT2D eigenvalue weighted by Crippen LogP contribution is -2.13. The topological polar surface area (TPSA) is 50.7 Å². The maximum atomic E-state index is 11.2. The van der Waals surface area contributed by atoms with Crippen molar-refractivity contribution in [2.45, 2.75) is 5.33 Å². The third-order valence-corrected chi connectivity index (χ3v) is 3.68. The molecule has 6 heteroatoms. The van der Waals surface area contributed by atoms with Crippen molar-refractivity contribution in [1.82, 2.24) is 14.8 Å². The van der Waals surface area contributed by atoms with Gasteiger partial charge in [0.05, 0.1) is 0 Å². The Balaban J connectivity index is 2.53. The van der Waals surface area contributed by atoms with Crippen molar-refractivity contribution < 1.29 is 0 Å². The van der Waals surface area contributed by atoms with Crippen molar-refractivity contribution in [3.63, 3.8) is 0 Å². The Hall–Kier alpha value is -0.880. The van der Waals surface area contributed by atoms with Gasteiger partial charge < -0.3 is 0 Å². The van der Waals surface area contributed by atoms with Gasteiger partial charge in [-0.2, -0.15) is 5.10 Å². The van der Waals surface area contributed by atoms with Crippen LogP contribution in [0.1, 0.15) is 5.56 Å². The highest BCUT2D eigenvalue weighted by molar-refractivity contribution is 9.10. The molecule has 0 aliphatic carbocycles. The van der Waals surface area contributed by atoms with Gasteiger partial charge in [0.15, 0.2) is 5.82 Å². The smallest absolute Gasteiger partial charge is 0.278 e. The maximum absolute atomic E-state index is 11.2. The van der Waals surface area contributed by atoms with Gasteiger partial charge in [-0.15, -0.1) is 0 Å². The molecule has 16 heavy (non-hydrogen) atoms. The van der Waals surface area contributed by atoms with E-state index in [2.05, 4.69) is 42.1 Å². The average molecular weight is 347 g/mol. The summed E-state index contributed by atoms with van der Waals surface area (Å²) in [6.45, 7) is 0. The Morgan fingerprint density at radius 2 is 2.25 bits per heavy atom. The molecular weight excluding hydrogens is 338 g/mol. The third-order valence-electron chi connectivity index (χ3n) is 2.34. The molecule has 0 aliphatic heterocycles. The van der Waals surface area contributed by atoms with E-state index >= 15 is 0 Å². The van der Waals surface area contributed by atoms with E-state index in [1.807, 2.05) is 18.2 Å². The van der Waals surface area contributed by atoms with E-state index in [0.29, 0.717) is 5.82 Å². The molecule has 84 valence electrons. The zero-order valence-electron chi connectivity index (χ0n) is 8.50. The first kappa shape index (κ1) is 11.6. The summed E-state index contributed by atoms with van der Waals surface area (Å²) in [5, 5.41) is 7.18. The van der Waals surface area contributed by atoms with Gasteiger partial charge >= 0.3 is 5.69 Å². The molecule has 0 atom stereocenters. The zero-order valence-corrected chi connectivity index (χ0v) is 11.7. The van der Waals surface area contributed by atoms with E-state index in [-0.39, 0.29) is 5.69 Å². The molecule has 1 aromatic heterocycles. The highest BCUT2D eigenvalue weighted by Crippen LogP contribution is 2.25. The van der Waals surface area contributed by atoms with Crippen LogP contribution in [-0.4, -0.2) is 14.8 Å². The van der Waals surface area contributed by atoms with Gasteiger partial charge in [0, 0.05) is 22.4 Å². The van der Waals surface area contributed by atoms with Crippen LogP contribution in [0.5, 0.6) is 0 Å². The van der Waals surface area contributed by atoms with Gasteiger partial charge in [-0.25, -0.2) is 9.89 Å². The van der Waals surface area contributed by atoms with Crippen molar-refractivity contribution in [1.29, 1.82) is 0 Å². The number of aromatic nitrogens is 3. The van der Waals surface area contributed by atoms with E-state index < -0.39 is 0 Å². The van der Waals surface area contributed by atoms with Crippen LogP contribution in [0.4, 0.5) is 0 Å². The predicted octanol–water partition coefficient (Wildman–Crippen LogP) is 2.43. The third kappa shape index (κ3) is 1.99. The molecule has 0 bridgehead atoms. The molecule has 2 rings (SSSR count). The molecule has 1 aromatic carbocycles. The lowest BCUT2D eigenvalue weighted by molar-refractivity contribution is 0.869. The predicted molar refractivity (Wildman–Crippen MR) is 69.6 cm³/mol. The molecule has 0 fully saturated rings. The Bertz CT molecular complexity index is 574. The first-order valence-corrected chi connectivity index (χ1v) is 6.51. The Morgan fingerprint density at radius 1 is 1.50 bits per heavy atom. The van der Waals surface area contributed by atoms with Crippen LogP contribution in [0.15, 0.2) is 27.5 Å². The highest BCUT2D eigenvalue weighted by atomic mass is 79.9. The number of nitrogens with zero attached hydrogens (tertiary/aromatic N) is 2. The minimum Gasteiger partial charge on any atom is -0.278 e. The van der Waals surface area contributed by atoms with Crippen molar-refractivity contribution in [2.75, 3.05) is 0 Å². The number of H-pyrrole nitrogens is 1. The van der Waals surface area contributed by atoms with Crippen LogP contribution in [-0.2, 0) is 12.4 Å². The SMILES string of the molecule is Cn1c(-c2ccc(CBr)c(Br)c2)n[nH]c1=O. The summed E-state index contributed by atoms with van der Waals surface area (Å²) in [5.41, 5.74) is 1.84. The molecule has 0 unspecified atom stereocenters. The number of alkyl halides is 1. The second kappa shape index (κ2) is 4.55. The molecule has 1 N–H and O–H groups in total. The number of aromatic amines is 1. The summed E-state index contributed by atoms with van der Waals surface area (Å²) in [7, 11) is 1.69. The zero-order chi connectivity index (χ0) is 11.7. The highest BCUT2D eigenvalue weighted by Gasteiger charge is 2.08. The minimum atomic E-state index is -0.212. The van der Waals surface area contributed by atoms with Crippen molar-refractivity contribution in [3.05, 3.63) is 38.7 Å².